The van der Waals surface area contributed by atoms with Crippen molar-refractivity contribution < 1.29 is 18.7 Å². The molecule has 0 unspecified atom stereocenters. The summed E-state index contributed by atoms with van der Waals surface area (Å²) in [5.41, 5.74) is 0.617. The Labute approximate surface area is 146 Å². The van der Waals surface area contributed by atoms with Gasteiger partial charge in [-0.2, -0.15) is 5.26 Å². The maximum Gasteiger partial charge on any atom is 0.414 e. The zero-order chi connectivity index (χ0) is 18.0. The van der Waals surface area contributed by atoms with Crippen molar-refractivity contribution in [3.8, 4) is 16.6 Å². The number of benzene rings is 1. The number of carbonyl (C=O) groups is 2. The van der Waals surface area contributed by atoms with E-state index in [1.807, 2.05) is 6.07 Å². The molecule has 2 heterocycles. The van der Waals surface area contributed by atoms with Gasteiger partial charge in [0, 0.05) is 12.5 Å². The molecule has 1 aromatic carbocycles. The van der Waals surface area contributed by atoms with Crippen LogP contribution in [0.25, 0.3) is 10.6 Å². The van der Waals surface area contributed by atoms with Gasteiger partial charge in [0.1, 0.15) is 27.9 Å². The van der Waals surface area contributed by atoms with Crippen molar-refractivity contribution in [2.45, 2.75) is 13.0 Å². The summed E-state index contributed by atoms with van der Waals surface area (Å²) in [4.78, 5) is 28.6. The second kappa shape index (κ2) is 6.86. The van der Waals surface area contributed by atoms with E-state index in [2.05, 4.69) is 10.3 Å². The fraction of sp³-hybridized carbons (Fsp3) is 0.250. The quantitative estimate of drug-likeness (QED) is 0.902. The molecule has 25 heavy (non-hydrogen) atoms. The van der Waals surface area contributed by atoms with Gasteiger partial charge in [-0.25, -0.2) is 14.2 Å². The highest BCUT2D eigenvalue weighted by atomic mass is 32.1. The molecule has 0 bridgehead atoms. The second-order valence-corrected chi connectivity index (χ2v) is 6.39. The highest BCUT2D eigenvalue weighted by molar-refractivity contribution is 7.15. The van der Waals surface area contributed by atoms with Crippen LogP contribution in [0.2, 0.25) is 0 Å². The average molecular weight is 360 g/mol. The minimum atomic E-state index is -0.594. The van der Waals surface area contributed by atoms with E-state index in [4.69, 9.17) is 10.00 Å². The number of aromatic nitrogens is 1. The Hall–Kier alpha value is -2.99. The first kappa shape index (κ1) is 16.9. The number of amides is 2. The zero-order valence-corrected chi connectivity index (χ0v) is 14.0. The minimum absolute atomic E-state index is 0.203. The highest BCUT2D eigenvalue weighted by Crippen LogP contribution is 2.31. The summed E-state index contributed by atoms with van der Waals surface area (Å²) in [6.45, 7) is 1.79. The van der Waals surface area contributed by atoms with Gasteiger partial charge in [0.25, 0.3) is 0 Å². The lowest BCUT2D eigenvalue weighted by Gasteiger charge is -2.14. The fourth-order valence-electron chi connectivity index (χ4n) is 2.39. The van der Waals surface area contributed by atoms with Crippen LogP contribution < -0.4 is 10.2 Å². The van der Waals surface area contributed by atoms with Gasteiger partial charge in [-0.3, -0.25) is 9.69 Å². The van der Waals surface area contributed by atoms with Gasteiger partial charge in [0.15, 0.2) is 0 Å². The Kier molecular flexibility index (Phi) is 4.63. The summed E-state index contributed by atoms with van der Waals surface area (Å²) in [6.07, 6.45) is 0.303. The molecular formula is C16H13FN4O3S. The maximum atomic E-state index is 14.4. The van der Waals surface area contributed by atoms with E-state index in [1.54, 1.807) is 6.07 Å². The number of carbonyl (C=O) groups excluding carboxylic acids is 2. The molecule has 1 N–H and O–H groups in total. The molecule has 128 valence electrons. The summed E-state index contributed by atoms with van der Waals surface area (Å²) in [5.74, 6) is -0.764. The van der Waals surface area contributed by atoms with Gasteiger partial charge in [-0.05, 0) is 18.2 Å². The summed E-state index contributed by atoms with van der Waals surface area (Å²) in [7, 11) is 0. The van der Waals surface area contributed by atoms with E-state index in [0.717, 1.165) is 11.3 Å². The van der Waals surface area contributed by atoms with Crippen LogP contribution in [0.5, 0.6) is 0 Å². The van der Waals surface area contributed by atoms with Crippen molar-refractivity contribution >= 4 is 29.0 Å². The molecule has 2 aromatic rings. The first-order valence-corrected chi connectivity index (χ1v) is 8.18. The average Bonchev–Trinajstić information content (AvgIpc) is 3.19. The van der Waals surface area contributed by atoms with Crippen LogP contribution in [0.3, 0.4) is 0 Å². The number of thiazole rings is 1. The number of rotatable bonds is 4. The Morgan fingerprint density at radius 3 is 3.04 bits per heavy atom. The molecule has 1 saturated heterocycles. The van der Waals surface area contributed by atoms with E-state index >= 15 is 0 Å². The van der Waals surface area contributed by atoms with Crippen LogP contribution in [0.1, 0.15) is 11.8 Å². The van der Waals surface area contributed by atoms with Crippen molar-refractivity contribution in [3.05, 3.63) is 35.1 Å². The highest BCUT2D eigenvalue weighted by Gasteiger charge is 2.32. The predicted molar refractivity (Wildman–Crippen MR) is 88.5 cm³/mol. The molecule has 3 rings (SSSR count). The van der Waals surface area contributed by atoms with Crippen molar-refractivity contribution in [2.75, 3.05) is 18.0 Å². The molecular weight excluding hydrogens is 347 g/mol. The third-order valence-electron chi connectivity index (χ3n) is 3.56. The summed E-state index contributed by atoms with van der Waals surface area (Å²) < 4.78 is 19.6. The van der Waals surface area contributed by atoms with Crippen LogP contribution in [0.4, 0.5) is 14.9 Å². The molecule has 1 fully saturated rings. The van der Waals surface area contributed by atoms with Crippen molar-refractivity contribution in [1.29, 1.82) is 5.26 Å². The first-order valence-electron chi connectivity index (χ1n) is 7.36. The van der Waals surface area contributed by atoms with Gasteiger partial charge in [0.2, 0.25) is 5.91 Å². The van der Waals surface area contributed by atoms with Crippen LogP contribution >= 0.6 is 11.3 Å². The number of cyclic esters (lactones) is 1. The summed E-state index contributed by atoms with van der Waals surface area (Å²) in [6, 6.07) is 6.29. The molecule has 2 amide bonds. The maximum absolute atomic E-state index is 14.4. The molecule has 1 atom stereocenters. The van der Waals surface area contributed by atoms with E-state index in [9.17, 15) is 14.0 Å². The third kappa shape index (κ3) is 3.59. The predicted octanol–water partition coefficient (Wildman–Crippen LogP) is 2.28. The molecule has 1 aliphatic heterocycles. The van der Waals surface area contributed by atoms with E-state index in [0.29, 0.717) is 15.6 Å². The van der Waals surface area contributed by atoms with Crippen LogP contribution in [0, 0.1) is 17.1 Å². The Morgan fingerprint density at radius 1 is 1.60 bits per heavy atom. The molecule has 0 aliphatic carbocycles. The molecule has 0 radical (unpaired) electrons. The molecule has 0 spiro atoms. The smallest absolute Gasteiger partial charge is 0.414 e. The van der Waals surface area contributed by atoms with Crippen molar-refractivity contribution in [3.63, 3.8) is 0 Å². The van der Waals surface area contributed by atoms with Gasteiger partial charge >= 0.3 is 6.09 Å². The topological polar surface area (TPSA) is 95.3 Å². The minimum Gasteiger partial charge on any atom is -0.442 e. The number of anilines is 1. The SMILES string of the molecule is CC(=O)NC[C@H]1CN(c2ccc(-c3ncc(C#N)s3)c(F)c2)C(=O)O1. The third-order valence-corrected chi connectivity index (χ3v) is 4.50. The number of halogens is 1. The number of hydrogen-bond donors (Lipinski definition) is 1. The van der Waals surface area contributed by atoms with Gasteiger partial charge in [0.05, 0.1) is 25.0 Å². The largest absolute Gasteiger partial charge is 0.442 e. The second-order valence-electron chi connectivity index (χ2n) is 5.36. The Balaban J connectivity index is 1.77. The summed E-state index contributed by atoms with van der Waals surface area (Å²) in [5, 5.41) is 11.8. The number of hydrogen-bond acceptors (Lipinski definition) is 6. The number of nitriles is 1. The number of nitrogens with one attached hydrogen (secondary N) is 1. The summed E-state index contributed by atoms with van der Waals surface area (Å²) >= 11 is 1.09. The normalized spacial score (nSPS) is 16.4. The fourth-order valence-corrected chi connectivity index (χ4v) is 3.13. The Bertz CT molecular complexity index is 877. The molecule has 1 aromatic heterocycles. The number of ether oxygens (including phenoxy) is 1. The lowest BCUT2D eigenvalue weighted by molar-refractivity contribution is -0.119. The van der Waals surface area contributed by atoms with E-state index in [-0.39, 0.29) is 24.6 Å². The van der Waals surface area contributed by atoms with Gasteiger partial charge in [-0.15, -0.1) is 11.3 Å². The van der Waals surface area contributed by atoms with E-state index < -0.39 is 18.0 Å². The standard InChI is InChI=1S/C16H13FN4O3S/c1-9(22)19-6-11-8-21(16(23)24-11)10-2-3-13(14(17)4-10)15-20-7-12(5-18)25-15/h2-4,7,11H,6,8H2,1H3,(H,19,22)/t11-/m0/s1. The number of nitrogens with zero attached hydrogens (tertiary/aromatic N) is 3. The monoisotopic (exact) mass is 360 g/mol. The lowest BCUT2D eigenvalue weighted by Crippen LogP contribution is -2.33. The van der Waals surface area contributed by atoms with Crippen molar-refractivity contribution in [1.82, 2.24) is 10.3 Å². The van der Waals surface area contributed by atoms with Gasteiger partial charge in [-0.1, -0.05) is 0 Å². The molecule has 7 nitrogen and oxygen atoms in total. The first-order chi connectivity index (χ1) is 12.0. The van der Waals surface area contributed by atoms with Crippen LogP contribution in [-0.4, -0.2) is 36.2 Å². The Morgan fingerprint density at radius 2 is 2.40 bits per heavy atom. The molecule has 0 saturated carbocycles. The van der Waals surface area contributed by atoms with Crippen LogP contribution in [0.15, 0.2) is 24.4 Å². The van der Waals surface area contributed by atoms with E-state index in [1.165, 1.54) is 30.2 Å². The van der Waals surface area contributed by atoms with Gasteiger partial charge < -0.3 is 10.1 Å². The molecule has 9 heteroatoms. The van der Waals surface area contributed by atoms with Crippen LogP contribution in [-0.2, 0) is 9.53 Å². The zero-order valence-electron chi connectivity index (χ0n) is 13.2. The lowest BCUT2D eigenvalue weighted by atomic mass is 10.2. The molecule has 1 aliphatic rings. The van der Waals surface area contributed by atoms with Crippen molar-refractivity contribution in [2.24, 2.45) is 0 Å².